The Bertz CT molecular complexity index is 1110. The van der Waals surface area contributed by atoms with Gasteiger partial charge in [-0.25, -0.2) is 4.98 Å². The van der Waals surface area contributed by atoms with Gasteiger partial charge in [0.2, 0.25) is 0 Å². The predicted octanol–water partition coefficient (Wildman–Crippen LogP) is 5.35. The van der Waals surface area contributed by atoms with Gasteiger partial charge >= 0.3 is 0 Å². The van der Waals surface area contributed by atoms with Gasteiger partial charge in [-0.3, -0.25) is 9.59 Å². The second-order valence-corrected chi connectivity index (χ2v) is 10.8. The third-order valence-electron chi connectivity index (χ3n) is 5.61. The summed E-state index contributed by atoms with van der Waals surface area (Å²) in [7, 11) is 0. The van der Waals surface area contributed by atoms with Gasteiger partial charge in [0.05, 0.1) is 16.6 Å². The molecular formula is C24H26ClN3O3S2. The number of hydrogen-bond donors (Lipinski definition) is 1. The molecule has 0 saturated carbocycles. The van der Waals surface area contributed by atoms with Crippen LogP contribution in [0.15, 0.2) is 47.2 Å². The Balaban J connectivity index is 1.31. The number of thiophene rings is 1. The van der Waals surface area contributed by atoms with E-state index in [0.29, 0.717) is 36.1 Å². The lowest BCUT2D eigenvalue weighted by molar-refractivity contribution is -0.146. The molecule has 0 atom stereocenters. The van der Waals surface area contributed by atoms with Gasteiger partial charge in [0.25, 0.3) is 11.8 Å². The maximum Gasteiger partial charge on any atom is 0.271 e. The van der Waals surface area contributed by atoms with Gasteiger partial charge in [-0.2, -0.15) is 0 Å². The molecule has 6 nitrogen and oxygen atoms in total. The Morgan fingerprint density at radius 1 is 1.18 bits per heavy atom. The standard InChI is InChI=1S/C24H26ClN3O3S2/c1-24(2,31-20-8-4-3-7-18(20)25)23(30)28-11-9-16(10-12-28)22-27-19(15-33-22)21(29)26-14-17-6-5-13-32-17/h3-8,13,15-16H,9-12,14H2,1-2H3,(H,26,29). The number of rotatable bonds is 7. The number of thiazole rings is 1. The normalized spacial score (nSPS) is 14.8. The highest BCUT2D eigenvalue weighted by Crippen LogP contribution is 2.33. The summed E-state index contributed by atoms with van der Waals surface area (Å²) in [5, 5.41) is 8.16. The van der Waals surface area contributed by atoms with Crippen molar-refractivity contribution >= 4 is 46.1 Å². The summed E-state index contributed by atoms with van der Waals surface area (Å²) in [6.45, 7) is 5.30. The average molecular weight is 504 g/mol. The number of nitrogens with zero attached hydrogens (tertiary/aromatic N) is 2. The summed E-state index contributed by atoms with van der Waals surface area (Å²) in [5.41, 5.74) is -0.563. The Morgan fingerprint density at radius 3 is 2.64 bits per heavy atom. The second-order valence-electron chi connectivity index (χ2n) is 8.44. The topological polar surface area (TPSA) is 71.5 Å². The van der Waals surface area contributed by atoms with Gasteiger partial charge in [0.1, 0.15) is 11.4 Å². The number of carbonyl (C=O) groups is 2. The van der Waals surface area contributed by atoms with E-state index in [2.05, 4.69) is 10.3 Å². The van der Waals surface area contributed by atoms with E-state index >= 15 is 0 Å². The molecule has 3 heterocycles. The molecule has 1 aliphatic heterocycles. The second kappa shape index (κ2) is 10.2. The first-order chi connectivity index (χ1) is 15.8. The highest BCUT2D eigenvalue weighted by molar-refractivity contribution is 7.10. The molecule has 9 heteroatoms. The van der Waals surface area contributed by atoms with E-state index in [1.165, 1.54) is 11.3 Å². The van der Waals surface area contributed by atoms with E-state index < -0.39 is 5.60 Å². The minimum absolute atomic E-state index is 0.0614. The molecule has 0 bridgehead atoms. The molecule has 0 spiro atoms. The fraction of sp³-hybridized carbons (Fsp3) is 0.375. The first-order valence-corrected chi connectivity index (χ1v) is 13.0. The van der Waals surface area contributed by atoms with Crippen LogP contribution in [-0.2, 0) is 11.3 Å². The molecule has 1 aliphatic rings. The van der Waals surface area contributed by atoms with Gasteiger partial charge in [0.15, 0.2) is 5.60 Å². The zero-order chi connectivity index (χ0) is 23.4. The van der Waals surface area contributed by atoms with E-state index in [4.69, 9.17) is 16.3 Å². The highest BCUT2D eigenvalue weighted by Gasteiger charge is 2.37. The Labute approximate surface area is 206 Å². The van der Waals surface area contributed by atoms with E-state index in [-0.39, 0.29) is 17.7 Å². The van der Waals surface area contributed by atoms with Crippen molar-refractivity contribution in [3.05, 3.63) is 67.8 Å². The number of halogens is 1. The number of piperidine rings is 1. The number of carbonyl (C=O) groups excluding carboxylic acids is 2. The molecule has 3 aromatic rings. The van der Waals surface area contributed by atoms with E-state index in [0.717, 1.165) is 22.7 Å². The number of nitrogens with one attached hydrogen (secondary N) is 1. The molecule has 1 saturated heterocycles. The van der Waals surface area contributed by atoms with Gasteiger partial charge in [-0.05, 0) is 50.3 Å². The van der Waals surface area contributed by atoms with Crippen molar-refractivity contribution in [2.24, 2.45) is 0 Å². The van der Waals surface area contributed by atoms with E-state index in [9.17, 15) is 9.59 Å². The number of aromatic nitrogens is 1. The van der Waals surface area contributed by atoms with Gasteiger partial charge in [-0.15, -0.1) is 22.7 Å². The number of likely N-dealkylation sites (tertiary alicyclic amines) is 1. The van der Waals surface area contributed by atoms with Crippen molar-refractivity contribution in [3.63, 3.8) is 0 Å². The summed E-state index contributed by atoms with van der Waals surface area (Å²) in [6, 6.07) is 11.1. The minimum atomic E-state index is -1.02. The van der Waals surface area contributed by atoms with Gasteiger partial charge < -0.3 is 15.0 Å². The van der Waals surface area contributed by atoms with Crippen LogP contribution in [0.5, 0.6) is 5.75 Å². The van der Waals surface area contributed by atoms with Crippen molar-refractivity contribution in [2.75, 3.05) is 13.1 Å². The first kappa shape index (κ1) is 23.7. The Kier molecular flexibility index (Phi) is 7.36. The van der Waals surface area contributed by atoms with Crippen LogP contribution >= 0.6 is 34.3 Å². The molecular weight excluding hydrogens is 478 g/mol. The van der Waals surface area contributed by atoms with Crippen molar-refractivity contribution < 1.29 is 14.3 Å². The summed E-state index contributed by atoms with van der Waals surface area (Å²) in [5.74, 6) is 0.524. The maximum absolute atomic E-state index is 13.1. The fourth-order valence-electron chi connectivity index (χ4n) is 3.81. The lowest BCUT2D eigenvalue weighted by Crippen LogP contribution is -2.51. The van der Waals surface area contributed by atoms with Crippen LogP contribution < -0.4 is 10.1 Å². The van der Waals surface area contributed by atoms with Crippen molar-refractivity contribution in [1.29, 1.82) is 0 Å². The molecule has 0 unspecified atom stereocenters. The molecule has 1 fully saturated rings. The zero-order valence-corrected chi connectivity index (χ0v) is 20.9. The summed E-state index contributed by atoms with van der Waals surface area (Å²) >= 11 is 9.32. The molecule has 4 rings (SSSR count). The van der Waals surface area contributed by atoms with Gasteiger partial charge in [-0.1, -0.05) is 29.8 Å². The molecule has 2 aromatic heterocycles. The predicted molar refractivity (Wildman–Crippen MR) is 132 cm³/mol. The number of hydrogen-bond acceptors (Lipinski definition) is 6. The third-order valence-corrected chi connectivity index (χ3v) is 7.80. The molecule has 33 heavy (non-hydrogen) atoms. The van der Waals surface area contributed by atoms with Crippen LogP contribution in [0.2, 0.25) is 5.02 Å². The van der Waals surface area contributed by atoms with E-state index in [1.807, 2.05) is 39.9 Å². The maximum atomic E-state index is 13.1. The summed E-state index contributed by atoms with van der Waals surface area (Å²) < 4.78 is 5.96. The van der Waals surface area contributed by atoms with Crippen LogP contribution in [0, 0.1) is 0 Å². The lowest BCUT2D eigenvalue weighted by atomic mass is 9.96. The van der Waals surface area contributed by atoms with Crippen molar-refractivity contribution in [1.82, 2.24) is 15.2 Å². The summed E-state index contributed by atoms with van der Waals surface area (Å²) in [4.78, 5) is 33.1. The quantitative estimate of drug-likeness (QED) is 0.471. The van der Waals surface area contributed by atoms with E-state index in [1.54, 1.807) is 37.3 Å². The van der Waals surface area contributed by atoms with Crippen LogP contribution in [0.1, 0.15) is 53.0 Å². The minimum Gasteiger partial charge on any atom is -0.476 e. The lowest BCUT2D eigenvalue weighted by Gasteiger charge is -2.36. The largest absolute Gasteiger partial charge is 0.476 e. The van der Waals surface area contributed by atoms with Crippen molar-refractivity contribution in [2.45, 2.75) is 44.8 Å². The van der Waals surface area contributed by atoms with Crippen LogP contribution in [0.25, 0.3) is 0 Å². The Hall–Kier alpha value is -2.42. The van der Waals surface area contributed by atoms with Gasteiger partial charge in [0, 0.05) is 29.3 Å². The highest BCUT2D eigenvalue weighted by atomic mass is 35.5. The average Bonchev–Trinajstić information content (AvgIpc) is 3.51. The molecule has 1 aromatic carbocycles. The fourth-order valence-corrected chi connectivity index (χ4v) is 5.60. The molecule has 0 aliphatic carbocycles. The Morgan fingerprint density at radius 2 is 1.94 bits per heavy atom. The van der Waals surface area contributed by atoms with Crippen LogP contribution in [0.4, 0.5) is 0 Å². The molecule has 0 radical (unpaired) electrons. The molecule has 1 N–H and O–H groups in total. The smallest absolute Gasteiger partial charge is 0.271 e. The van der Waals surface area contributed by atoms with Crippen LogP contribution in [-0.4, -0.2) is 40.4 Å². The van der Waals surface area contributed by atoms with Crippen molar-refractivity contribution in [3.8, 4) is 5.75 Å². The van der Waals surface area contributed by atoms with Crippen LogP contribution in [0.3, 0.4) is 0 Å². The SMILES string of the molecule is CC(C)(Oc1ccccc1Cl)C(=O)N1CCC(c2nc(C(=O)NCc3cccs3)cs2)CC1. The number of ether oxygens (including phenoxy) is 1. The number of amides is 2. The monoisotopic (exact) mass is 503 g/mol. The molecule has 2 amide bonds. The number of para-hydroxylation sites is 1. The molecule has 174 valence electrons. The third kappa shape index (κ3) is 5.75. The zero-order valence-electron chi connectivity index (χ0n) is 18.5. The number of benzene rings is 1. The first-order valence-electron chi connectivity index (χ1n) is 10.8. The summed E-state index contributed by atoms with van der Waals surface area (Å²) in [6.07, 6.45) is 1.61.